The van der Waals surface area contributed by atoms with Crippen molar-refractivity contribution < 1.29 is 4.79 Å². The van der Waals surface area contributed by atoms with Crippen molar-refractivity contribution in [1.29, 1.82) is 0 Å². The summed E-state index contributed by atoms with van der Waals surface area (Å²) in [4.78, 5) is 29.7. The third kappa shape index (κ3) is 3.44. The Morgan fingerprint density at radius 2 is 2.20 bits per heavy atom. The molecule has 0 aromatic carbocycles. The third-order valence-corrected chi connectivity index (χ3v) is 5.38. The van der Waals surface area contributed by atoms with E-state index in [4.69, 9.17) is 0 Å². The van der Waals surface area contributed by atoms with Gasteiger partial charge in [-0.15, -0.1) is 0 Å². The van der Waals surface area contributed by atoms with Crippen molar-refractivity contribution in [2.75, 3.05) is 12.3 Å². The molecule has 1 N–H and O–H groups in total. The number of hydrogen-bond donors (Lipinski definition) is 1. The Hall–Kier alpha value is -1.83. The Morgan fingerprint density at radius 1 is 1.44 bits per heavy atom. The van der Waals surface area contributed by atoms with Crippen molar-refractivity contribution in [2.45, 2.75) is 63.7 Å². The number of unbranched alkanes of at least 4 members (excludes halogenated alkanes) is 1. The molecule has 3 heterocycles. The number of carbonyl (C=O) groups is 1. The van der Waals surface area contributed by atoms with Gasteiger partial charge < -0.3 is 5.32 Å². The zero-order valence-corrected chi connectivity index (χ0v) is 16.0. The Labute approximate surface area is 151 Å². The van der Waals surface area contributed by atoms with Crippen molar-refractivity contribution in [3.8, 4) is 0 Å². The molecule has 7 nitrogen and oxygen atoms in total. The predicted molar refractivity (Wildman–Crippen MR) is 99.1 cm³/mol. The van der Waals surface area contributed by atoms with E-state index in [9.17, 15) is 9.59 Å². The minimum absolute atomic E-state index is 0.00992. The monoisotopic (exact) mass is 363 g/mol. The summed E-state index contributed by atoms with van der Waals surface area (Å²) in [6, 6.07) is -0.149. The predicted octanol–water partition coefficient (Wildman–Crippen LogP) is 2.30. The highest BCUT2D eigenvalue weighted by molar-refractivity contribution is 7.99. The number of fused-ring (bicyclic) bond motifs is 2. The van der Waals surface area contributed by atoms with Gasteiger partial charge in [0.1, 0.15) is 5.39 Å². The minimum atomic E-state index is -0.248. The molecule has 2 aromatic rings. The van der Waals surface area contributed by atoms with Crippen LogP contribution in [0.5, 0.6) is 0 Å². The highest BCUT2D eigenvalue weighted by atomic mass is 32.2. The normalized spacial score (nSPS) is 17.0. The van der Waals surface area contributed by atoms with Gasteiger partial charge in [0.25, 0.3) is 5.56 Å². The molecular formula is C17H25N5O2S. The van der Waals surface area contributed by atoms with Gasteiger partial charge in [0.05, 0.1) is 17.8 Å². The van der Waals surface area contributed by atoms with E-state index >= 15 is 0 Å². The first kappa shape index (κ1) is 18.0. The van der Waals surface area contributed by atoms with Gasteiger partial charge in [-0.05, 0) is 27.2 Å². The van der Waals surface area contributed by atoms with Crippen molar-refractivity contribution in [3.05, 3.63) is 16.6 Å². The number of aromatic nitrogens is 4. The van der Waals surface area contributed by atoms with Gasteiger partial charge in [-0.25, -0.2) is 9.67 Å². The molecule has 25 heavy (non-hydrogen) atoms. The molecule has 2 aromatic heterocycles. The van der Waals surface area contributed by atoms with Crippen LogP contribution in [-0.4, -0.2) is 37.5 Å². The number of nitrogens with zero attached hydrogens (tertiary/aromatic N) is 4. The molecule has 0 spiro atoms. The van der Waals surface area contributed by atoms with Crippen LogP contribution >= 0.6 is 11.8 Å². The van der Waals surface area contributed by atoms with Crippen molar-refractivity contribution in [3.63, 3.8) is 0 Å². The van der Waals surface area contributed by atoms with Crippen molar-refractivity contribution in [2.24, 2.45) is 0 Å². The summed E-state index contributed by atoms with van der Waals surface area (Å²) in [7, 11) is 0. The first-order valence-electron chi connectivity index (χ1n) is 8.73. The van der Waals surface area contributed by atoms with Crippen LogP contribution in [0.4, 0.5) is 0 Å². The van der Waals surface area contributed by atoms with Crippen LogP contribution in [0.15, 0.2) is 16.1 Å². The first-order chi connectivity index (χ1) is 11.8. The lowest BCUT2D eigenvalue weighted by Crippen LogP contribution is -2.31. The van der Waals surface area contributed by atoms with Crippen LogP contribution in [0.25, 0.3) is 11.0 Å². The second-order valence-electron chi connectivity index (χ2n) is 7.41. The lowest BCUT2D eigenvalue weighted by atomic mass is 10.1. The van der Waals surface area contributed by atoms with E-state index in [1.165, 1.54) is 11.8 Å². The van der Waals surface area contributed by atoms with Gasteiger partial charge in [-0.2, -0.15) is 5.10 Å². The number of carbonyl (C=O) groups excluding carboxylic acids is 1. The van der Waals surface area contributed by atoms with Crippen LogP contribution in [0.3, 0.4) is 0 Å². The molecule has 1 aliphatic heterocycles. The first-order valence-corrected chi connectivity index (χ1v) is 9.71. The van der Waals surface area contributed by atoms with Gasteiger partial charge in [-0.3, -0.25) is 14.2 Å². The van der Waals surface area contributed by atoms with Crippen LogP contribution < -0.4 is 10.9 Å². The minimum Gasteiger partial charge on any atom is -0.356 e. The molecule has 8 heteroatoms. The van der Waals surface area contributed by atoms with Gasteiger partial charge >= 0.3 is 0 Å². The molecule has 3 rings (SSSR count). The Balaban J connectivity index is 1.90. The zero-order chi connectivity index (χ0) is 18.2. The average molecular weight is 363 g/mol. The molecule has 0 fully saturated rings. The Morgan fingerprint density at radius 3 is 2.88 bits per heavy atom. The lowest BCUT2D eigenvalue weighted by molar-refractivity contribution is -0.121. The second-order valence-corrected chi connectivity index (χ2v) is 8.39. The van der Waals surface area contributed by atoms with Crippen LogP contribution in [-0.2, 0) is 10.3 Å². The number of thioether (sulfide) groups is 1. The Kier molecular flexibility index (Phi) is 4.90. The molecule has 136 valence electrons. The maximum absolute atomic E-state index is 12.9. The summed E-state index contributed by atoms with van der Waals surface area (Å²) in [5.74, 6) is 0.684. The van der Waals surface area contributed by atoms with E-state index < -0.39 is 0 Å². The fourth-order valence-corrected chi connectivity index (χ4v) is 4.09. The lowest BCUT2D eigenvalue weighted by Gasteiger charge is -2.20. The van der Waals surface area contributed by atoms with Crippen LogP contribution in [0, 0.1) is 0 Å². The zero-order valence-electron chi connectivity index (χ0n) is 15.2. The smallest absolute Gasteiger partial charge is 0.265 e. The fraction of sp³-hybridized carbons (Fsp3) is 0.647. The second kappa shape index (κ2) is 6.82. The molecule has 0 bridgehead atoms. The summed E-state index contributed by atoms with van der Waals surface area (Å²) in [5.41, 5.74) is 0.262. The molecule has 1 atom stereocenters. The molecule has 1 amide bonds. The highest BCUT2D eigenvalue weighted by Crippen LogP contribution is 2.33. The highest BCUT2D eigenvalue weighted by Gasteiger charge is 2.30. The third-order valence-electron chi connectivity index (χ3n) is 4.28. The topological polar surface area (TPSA) is 81.8 Å². The van der Waals surface area contributed by atoms with Crippen LogP contribution in [0.2, 0.25) is 0 Å². The number of amides is 1. The van der Waals surface area contributed by atoms with E-state index in [1.807, 2.05) is 20.8 Å². The van der Waals surface area contributed by atoms with Crippen LogP contribution in [0.1, 0.15) is 53.0 Å². The maximum Gasteiger partial charge on any atom is 0.265 e. The number of rotatable bonds is 5. The van der Waals surface area contributed by atoms with Gasteiger partial charge in [0, 0.05) is 18.7 Å². The van der Waals surface area contributed by atoms with Gasteiger partial charge in [-0.1, -0.05) is 25.1 Å². The van der Waals surface area contributed by atoms with E-state index in [0.29, 0.717) is 34.9 Å². The summed E-state index contributed by atoms with van der Waals surface area (Å²) < 4.78 is 3.46. The molecule has 0 radical (unpaired) electrons. The quantitative estimate of drug-likeness (QED) is 0.651. The van der Waals surface area contributed by atoms with E-state index in [1.54, 1.807) is 15.4 Å². The summed E-state index contributed by atoms with van der Waals surface area (Å²) in [6.45, 7) is 8.87. The van der Waals surface area contributed by atoms with Crippen molar-refractivity contribution in [1.82, 2.24) is 24.6 Å². The fourth-order valence-electron chi connectivity index (χ4n) is 2.96. The summed E-state index contributed by atoms with van der Waals surface area (Å²) in [6.07, 6.45) is 3.91. The number of nitrogens with one attached hydrogen (secondary N) is 1. The molecule has 1 unspecified atom stereocenters. The summed E-state index contributed by atoms with van der Waals surface area (Å²) in [5, 5.41) is 8.47. The SMILES string of the molecule is CCCCNC(=O)CC1CSc2nc3c(cnn3C(C)(C)C)c(=O)n21. The van der Waals surface area contributed by atoms with E-state index in [0.717, 1.165) is 12.8 Å². The van der Waals surface area contributed by atoms with Gasteiger partial charge in [0.2, 0.25) is 5.91 Å². The summed E-state index contributed by atoms with van der Waals surface area (Å²) >= 11 is 1.53. The molecule has 0 saturated heterocycles. The maximum atomic E-state index is 12.9. The average Bonchev–Trinajstić information content (AvgIpc) is 3.12. The molecule has 1 aliphatic rings. The molecular weight excluding hydrogens is 338 g/mol. The van der Waals surface area contributed by atoms with Crippen molar-refractivity contribution >= 4 is 28.7 Å². The van der Waals surface area contributed by atoms with E-state index in [-0.39, 0.29) is 23.0 Å². The van der Waals surface area contributed by atoms with Gasteiger partial charge in [0.15, 0.2) is 10.8 Å². The Bertz CT molecular complexity index is 849. The molecule has 0 aliphatic carbocycles. The standard InChI is InChI=1S/C17H25N5O2S/c1-5-6-7-18-13(23)8-11-10-25-16-20-14-12(15(24)21(11)16)9-19-22(14)17(2,3)4/h9,11H,5-8,10H2,1-4H3,(H,18,23). The number of hydrogen-bond acceptors (Lipinski definition) is 5. The molecule has 0 saturated carbocycles. The largest absolute Gasteiger partial charge is 0.356 e. The van der Waals surface area contributed by atoms with E-state index in [2.05, 4.69) is 22.3 Å².